The van der Waals surface area contributed by atoms with E-state index in [2.05, 4.69) is 79.0 Å². The Kier molecular flexibility index (Phi) is 9.02. The van der Waals surface area contributed by atoms with Crippen LogP contribution < -0.4 is 26.9 Å². The van der Waals surface area contributed by atoms with Crippen molar-refractivity contribution in [2.45, 2.75) is 104 Å². The number of hydrogen-bond acceptors (Lipinski definition) is 7. The molecule has 0 aliphatic heterocycles. The molecule has 1 saturated carbocycles. The number of aromatic nitrogens is 2. The summed E-state index contributed by atoms with van der Waals surface area (Å²) in [5, 5.41) is 18.5. The van der Waals surface area contributed by atoms with Gasteiger partial charge in [-0.15, -0.1) is 0 Å². The average Bonchev–Trinajstić information content (AvgIpc) is 3.51. The number of nitrogen functional groups attached to an aromatic ring is 1. The predicted molar refractivity (Wildman–Crippen MR) is 198 cm³/mol. The first-order valence-electron chi connectivity index (χ1n) is 16.6. The molecular weight excluding hydrogens is 603 g/mol. The SMILES string of the molecule is CCc1cc(O[Si](C)(C)C(C)(C)C)ccc1/N=C(\N)c1cnn2cc(-c3cc(N)cc(CO)c3)cc2c1N[C@@H]1CC[C@](C)(N)C1(C)C. The highest BCUT2D eigenvalue weighted by Crippen LogP contribution is 2.46. The average molecular weight is 656 g/mol. The van der Waals surface area contributed by atoms with Crippen molar-refractivity contribution in [1.29, 1.82) is 0 Å². The summed E-state index contributed by atoms with van der Waals surface area (Å²) in [7, 11) is -2.00. The molecule has 0 radical (unpaired) electrons. The third-order valence-corrected chi connectivity index (χ3v) is 15.3. The van der Waals surface area contributed by atoms with Crippen LogP contribution in [0.5, 0.6) is 5.75 Å². The third kappa shape index (κ3) is 6.64. The van der Waals surface area contributed by atoms with Crippen LogP contribution in [0.25, 0.3) is 16.6 Å². The molecule has 2 aromatic heterocycles. The van der Waals surface area contributed by atoms with E-state index >= 15 is 0 Å². The number of amidine groups is 1. The minimum atomic E-state index is -2.00. The van der Waals surface area contributed by atoms with Crippen molar-refractivity contribution < 1.29 is 9.53 Å². The van der Waals surface area contributed by atoms with Crippen molar-refractivity contribution in [3.63, 3.8) is 0 Å². The van der Waals surface area contributed by atoms with Crippen molar-refractivity contribution in [1.82, 2.24) is 9.61 Å². The highest BCUT2D eigenvalue weighted by molar-refractivity contribution is 6.74. The number of aryl methyl sites for hydroxylation is 1. The molecule has 0 unspecified atom stereocenters. The zero-order valence-corrected chi connectivity index (χ0v) is 30.5. The highest BCUT2D eigenvalue weighted by atomic mass is 28.4. The van der Waals surface area contributed by atoms with Crippen LogP contribution in [0.4, 0.5) is 17.1 Å². The van der Waals surface area contributed by atoms with E-state index in [4.69, 9.17) is 31.7 Å². The topological polar surface area (TPSA) is 149 Å². The molecule has 8 N–H and O–H groups in total. The summed E-state index contributed by atoms with van der Waals surface area (Å²) in [6.07, 6.45) is 6.35. The van der Waals surface area contributed by atoms with E-state index < -0.39 is 8.32 Å². The van der Waals surface area contributed by atoms with E-state index in [-0.39, 0.29) is 28.6 Å². The van der Waals surface area contributed by atoms with Gasteiger partial charge in [0.15, 0.2) is 0 Å². The third-order valence-electron chi connectivity index (χ3n) is 10.9. The van der Waals surface area contributed by atoms with Crippen LogP contribution in [-0.4, -0.2) is 40.5 Å². The van der Waals surface area contributed by atoms with E-state index in [1.165, 1.54) is 0 Å². The van der Waals surface area contributed by atoms with Gasteiger partial charge in [-0.25, -0.2) is 9.51 Å². The summed E-state index contributed by atoms with van der Waals surface area (Å²) in [5.41, 5.74) is 26.8. The van der Waals surface area contributed by atoms with Gasteiger partial charge in [0, 0.05) is 34.4 Å². The van der Waals surface area contributed by atoms with Gasteiger partial charge in [-0.2, -0.15) is 5.10 Å². The van der Waals surface area contributed by atoms with Gasteiger partial charge in [0.05, 0.1) is 35.3 Å². The molecule has 1 fully saturated rings. The van der Waals surface area contributed by atoms with Gasteiger partial charge in [-0.3, -0.25) is 0 Å². The quantitative estimate of drug-likeness (QED) is 0.0547. The number of fused-ring (bicyclic) bond motifs is 1. The van der Waals surface area contributed by atoms with Crippen LogP contribution in [0.15, 0.2) is 59.9 Å². The normalized spacial score (nSPS) is 20.1. The summed E-state index contributed by atoms with van der Waals surface area (Å²) < 4.78 is 8.45. The van der Waals surface area contributed by atoms with Crippen LogP contribution in [0.3, 0.4) is 0 Å². The molecule has 1 aliphatic carbocycles. The Hall–Kier alpha value is -3.86. The van der Waals surface area contributed by atoms with Gasteiger partial charge in [0.2, 0.25) is 8.32 Å². The Morgan fingerprint density at radius 3 is 2.47 bits per heavy atom. The number of aliphatic hydroxyl groups excluding tert-OH is 1. The molecule has 0 saturated heterocycles. The molecular formula is C37H53N7O2Si. The second-order valence-electron chi connectivity index (χ2n) is 15.5. The van der Waals surface area contributed by atoms with E-state index in [0.29, 0.717) is 11.5 Å². The van der Waals surface area contributed by atoms with Gasteiger partial charge in [-0.1, -0.05) is 41.5 Å². The van der Waals surface area contributed by atoms with Crippen molar-refractivity contribution >= 4 is 36.7 Å². The maximum atomic E-state index is 9.80. The number of rotatable bonds is 9. The van der Waals surface area contributed by atoms with Crippen LogP contribution >= 0.6 is 0 Å². The van der Waals surface area contributed by atoms with Crippen LogP contribution in [0, 0.1) is 5.41 Å². The number of nitrogens with two attached hydrogens (primary N) is 3. The fourth-order valence-electron chi connectivity index (χ4n) is 6.14. The van der Waals surface area contributed by atoms with E-state index in [1.807, 2.05) is 35.0 Å². The lowest BCUT2D eigenvalue weighted by molar-refractivity contribution is 0.215. The first kappa shape index (κ1) is 34.5. The number of nitrogens with one attached hydrogen (secondary N) is 1. The fourth-order valence-corrected chi connectivity index (χ4v) is 7.17. The zero-order valence-electron chi connectivity index (χ0n) is 29.5. The smallest absolute Gasteiger partial charge is 0.250 e. The number of anilines is 2. The Morgan fingerprint density at radius 1 is 1.13 bits per heavy atom. The molecule has 0 spiro atoms. The minimum Gasteiger partial charge on any atom is -0.543 e. The zero-order chi connectivity index (χ0) is 34.5. The molecule has 0 amide bonds. The van der Waals surface area contributed by atoms with Crippen LogP contribution in [0.2, 0.25) is 18.1 Å². The maximum Gasteiger partial charge on any atom is 0.250 e. The summed E-state index contributed by atoms with van der Waals surface area (Å²) in [5.74, 6) is 1.24. The van der Waals surface area contributed by atoms with E-state index in [1.54, 1.807) is 12.3 Å². The Morgan fingerprint density at radius 2 is 1.85 bits per heavy atom. The molecule has 9 nitrogen and oxygen atoms in total. The molecule has 252 valence electrons. The van der Waals surface area contributed by atoms with Gasteiger partial charge in [0.1, 0.15) is 11.6 Å². The summed E-state index contributed by atoms with van der Waals surface area (Å²) in [6, 6.07) is 13.9. The van der Waals surface area contributed by atoms with Gasteiger partial charge in [-0.05, 0) is 103 Å². The lowest BCUT2D eigenvalue weighted by Crippen LogP contribution is -2.51. The van der Waals surface area contributed by atoms with Gasteiger partial charge in [0.25, 0.3) is 0 Å². The van der Waals surface area contributed by atoms with Crippen LogP contribution in [-0.2, 0) is 13.0 Å². The second-order valence-corrected chi connectivity index (χ2v) is 20.2. The van der Waals surface area contributed by atoms with E-state index in [9.17, 15) is 5.11 Å². The predicted octanol–water partition coefficient (Wildman–Crippen LogP) is 7.38. The van der Waals surface area contributed by atoms with Crippen LogP contribution in [0.1, 0.15) is 78.0 Å². The standard InChI is InChI=1S/C37H53N7O2Si/c1-10-24-18-28(46-47(8,9)35(2,3)4)11-12-30(24)42-34(39)29-20-41-44-21-26(25-15-23(22-45)16-27(38)17-25)19-31(44)33(29)43-32-13-14-37(7,40)36(32,5)6/h11-12,15-21,32,43,45H,10,13-14,22,38,40H2,1-9H3,(H2,39,42)/t32-,37+/m1/s1. The maximum absolute atomic E-state index is 9.80. The first-order valence-corrected chi connectivity index (χ1v) is 19.5. The number of aliphatic hydroxyl groups is 1. The fraction of sp³-hybridized carbons (Fsp3) is 0.459. The summed E-state index contributed by atoms with van der Waals surface area (Å²) in [4.78, 5) is 4.98. The van der Waals surface area contributed by atoms with Gasteiger partial charge < -0.3 is 32.1 Å². The monoisotopic (exact) mass is 655 g/mol. The molecule has 2 heterocycles. The van der Waals surface area contributed by atoms with Crippen molar-refractivity contribution in [2.24, 2.45) is 21.9 Å². The first-order chi connectivity index (χ1) is 21.9. The number of hydrogen-bond donors (Lipinski definition) is 5. The highest BCUT2D eigenvalue weighted by Gasteiger charge is 2.49. The summed E-state index contributed by atoms with van der Waals surface area (Å²) in [6.45, 7) is 19.8. The van der Waals surface area contributed by atoms with Gasteiger partial charge >= 0.3 is 0 Å². The molecule has 5 rings (SSSR count). The summed E-state index contributed by atoms with van der Waals surface area (Å²) >= 11 is 0. The molecule has 2 atom stereocenters. The second kappa shape index (κ2) is 12.3. The Labute approximate surface area is 280 Å². The number of nitrogens with zero attached hydrogens (tertiary/aromatic N) is 3. The molecule has 4 aromatic rings. The Balaban J connectivity index is 1.61. The molecule has 10 heteroatoms. The largest absolute Gasteiger partial charge is 0.543 e. The number of benzene rings is 2. The van der Waals surface area contributed by atoms with Crippen molar-refractivity contribution in [3.8, 4) is 16.9 Å². The molecule has 47 heavy (non-hydrogen) atoms. The number of aliphatic imine (C=N–C) groups is 1. The van der Waals surface area contributed by atoms with Crippen molar-refractivity contribution in [2.75, 3.05) is 11.1 Å². The van der Waals surface area contributed by atoms with E-state index in [0.717, 1.165) is 69.7 Å². The molecule has 0 bridgehead atoms. The Bertz CT molecular complexity index is 1820. The lowest BCUT2D eigenvalue weighted by Gasteiger charge is -2.39. The van der Waals surface area contributed by atoms with Crippen molar-refractivity contribution in [3.05, 3.63) is 71.5 Å². The molecule has 2 aromatic carbocycles. The minimum absolute atomic E-state index is 0.0919. The lowest BCUT2D eigenvalue weighted by atomic mass is 9.75. The molecule has 1 aliphatic rings.